The maximum atomic E-state index is 6.16. The van der Waals surface area contributed by atoms with Crippen molar-refractivity contribution in [2.24, 2.45) is 11.7 Å². The van der Waals surface area contributed by atoms with Crippen molar-refractivity contribution < 1.29 is 0 Å². The number of hydrogen-bond acceptors (Lipinski definition) is 3. The lowest BCUT2D eigenvalue weighted by atomic mass is 10.00. The van der Waals surface area contributed by atoms with Crippen LogP contribution in [0.4, 0.5) is 0 Å². The minimum absolute atomic E-state index is 0.103. The molecule has 0 radical (unpaired) electrons. The van der Waals surface area contributed by atoms with Gasteiger partial charge in [0.25, 0.3) is 0 Å². The zero-order valence-corrected chi connectivity index (χ0v) is 12.0. The summed E-state index contributed by atoms with van der Waals surface area (Å²) in [6.45, 7) is 5.08. The van der Waals surface area contributed by atoms with Crippen LogP contribution in [0.25, 0.3) is 4.96 Å². The van der Waals surface area contributed by atoms with Crippen LogP contribution in [0.1, 0.15) is 31.1 Å². The zero-order chi connectivity index (χ0) is 13.4. The molecule has 3 aromatic heterocycles. The first-order valence-corrected chi connectivity index (χ1v) is 7.34. The molecule has 19 heavy (non-hydrogen) atoms. The molecule has 1 atom stereocenters. The number of rotatable bonds is 4. The van der Waals surface area contributed by atoms with Crippen LogP contribution in [0.15, 0.2) is 36.2 Å². The second kappa shape index (κ2) is 4.83. The molecule has 0 bridgehead atoms. The van der Waals surface area contributed by atoms with Gasteiger partial charge in [0.1, 0.15) is 0 Å². The summed E-state index contributed by atoms with van der Waals surface area (Å²) in [5.41, 5.74) is 8.42. The summed E-state index contributed by atoms with van der Waals surface area (Å²) in [6.07, 6.45) is 8.31. The van der Waals surface area contributed by atoms with Crippen molar-refractivity contribution in [1.29, 1.82) is 0 Å². The highest BCUT2D eigenvalue weighted by molar-refractivity contribution is 7.15. The third-order valence-electron chi connectivity index (χ3n) is 3.36. The Balaban J connectivity index is 1.78. The highest BCUT2D eigenvalue weighted by Crippen LogP contribution is 2.19. The topological polar surface area (TPSA) is 48.2 Å². The standard InChI is InChI=1S/C14H18N4S/c1-10(2)13(15)11-3-4-17(7-11)8-12-9-18-5-6-19-14(18)16-12/h3-7,9-10,13H,8,15H2,1-2H3. The summed E-state index contributed by atoms with van der Waals surface area (Å²) >= 11 is 1.66. The highest BCUT2D eigenvalue weighted by atomic mass is 32.1. The monoisotopic (exact) mass is 274 g/mol. The average molecular weight is 274 g/mol. The van der Waals surface area contributed by atoms with Gasteiger partial charge in [-0.1, -0.05) is 13.8 Å². The molecule has 0 saturated heterocycles. The molecule has 0 aliphatic rings. The molecule has 0 aromatic carbocycles. The van der Waals surface area contributed by atoms with Gasteiger partial charge in [-0.3, -0.25) is 4.40 Å². The van der Waals surface area contributed by atoms with Crippen molar-refractivity contribution in [2.75, 3.05) is 0 Å². The second-order valence-electron chi connectivity index (χ2n) is 5.21. The van der Waals surface area contributed by atoms with E-state index < -0.39 is 0 Å². The van der Waals surface area contributed by atoms with Crippen LogP contribution in [-0.2, 0) is 6.54 Å². The number of imidazole rings is 1. The van der Waals surface area contributed by atoms with Gasteiger partial charge in [-0.15, -0.1) is 11.3 Å². The van der Waals surface area contributed by atoms with E-state index >= 15 is 0 Å². The Bertz CT molecular complexity index is 648. The van der Waals surface area contributed by atoms with Crippen LogP contribution in [0.3, 0.4) is 0 Å². The summed E-state index contributed by atoms with van der Waals surface area (Å²) in [6, 6.07) is 2.20. The van der Waals surface area contributed by atoms with Crippen LogP contribution >= 0.6 is 11.3 Å². The van der Waals surface area contributed by atoms with Crippen molar-refractivity contribution in [2.45, 2.75) is 26.4 Å². The van der Waals surface area contributed by atoms with Gasteiger partial charge in [0.2, 0.25) is 0 Å². The summed E-state index contributed by atoms with van der Waals surface area (Å²) < 4.78 is 4.20. The number of fused-ring (bicyclic) bond motifs is 1. The van der Waals surface area contributed by atoms with Crippen LogP contribution in [-0.4, -0.2) is 14.0 Å². The Morgan fingerprint density at radius 1 is 1.32 bits per heavy atom. The number of nitrogens with zero attached hydrogens (tertiary/aromatic N) is 3. The summed E-state index contributed by atoms with van der Waals surface area (Å²) in [5.74, 6) is 0.453. The fourth-order valence-corrected chi connectivity index (χ4v) is 2.90. The van der Waals surface area contributed by atoms with Crippen molar-refractivity contribution in [3.8, 4) is 0 Å². The minimum atomic E-state index is 0.103. The SMILES string of the molecule is CC(C)C(N)c1ccn(Cc2cn3ccsc3n2)c1. The number of aromatic nitrogens is 3. The van der Waals surface area contributed by atoms with E-state index in [0.29, 0.717) is 5.92 Å². The van der Waals surface area contributed by atoms with Crippen LogP contribution in [0, 0.1) is 5.92 Å². The molecule has 0 amide bonds. The first-order valence-electron chi connectivity index (χ1n) is 6.46. The first kappa shape index (κ1) is 12.4. The Hall–Kier alpha value is -1.59. The lowest BCUT2D eigenvalue weighted by molar-refractivity contribution is 0.513. The molecular formula is C14H18N4S. The van der Waals surface area contributed by atoms with E-state index in [4.69, 9.17) is 5.73 Å². The fourth-order valence-electron chi connectivity index (χ4n) is 2.18. The van der Waals surface area contributed by atoms with E-state index in [-0.39, 0.29) is 6.04 Å². The van der Waals surface area contributed by atoms with E-state index in [1.54, 1.807) is 11.3 Å². The van der Waals surface area contributed by atoms with E-state index in [0.717, 1.165) is 17.2 Å². The predicted molar refractivity (Wildman–Crippen MR) is 78.4 cm³/mol. The molecule has 100 valence electrons. The normalized spacial score (nSPS) is 13.5. The van der Waals surface area contributed by atoms with Gasteiger partial charge >= 0.3 is 0 Å². The van der Waals surface area contributed by atoms with E-state index in [1.807, 2.05) is 11.6 Å². The molecule has 3 aromatic rings. The van der Waals surface area contributed by atoms with Crippen molar-refractivity contribution >= 4 is 16.3 Å². The molecule has 1 unspecified atom stereocenters. The third kappa shape index (κ3) is 2.43. The van der Waals surface area contributed by atoms with Crippen molar-refractivity contribution in [3.05, 3.63) is 47.5 Å². The van der Waals surface area contributed by atoms with Gasteiger partial charge in [0.05, 0.1) is 12.2 Å². The Morgan fingerprint density at radius 2 is 2.16 bits per heavy atom. The summed E-state index contributed by atoms with van der Waals surface area (Å²) in [7, 11) is 0. The largest absolute Gasteiger partial charge is 0.348 e. The van der Waals surface area contributed by atoms with Crippen LogP contribution < -0.4 is 5.73 Å². The first-order chi connectivity index (χ1) is 9.13. The van der Waals surface area contributed by atoms with Crippen LogP contribution in [0.2, 0.25) is 0 Å². The molecule has 2 N–H and O–H groups in total. The maximum absolute atomic E-state index is 6.16. The Kier molecular flexibility index (Phi) is 3.16. The van der Waals surface area contributed by atoms with Gasteiger partial charge in [-0.05, 0) is 17.5 Å². The number of hydrogen-bond donors (Lipinski definition) is 1. The fraction of sp³-hybridized carbons (Fsp3) is 0.357. The van der Waals surface area contributed by atoms with Gasteiger partial charge in [0.15, 0.2) is 4.96 Å². The average Bonchev–Trinajstić information content (AvgIpc) is 3.03. The van der Waals surface area contributed by atoms with Gasteiger partial charge < -0.3 is 10.3 Å². The van der Waals surface area contributed by atoms with Crippen molar-refractivity contribution in [3.63, 3.8) is 0 Å². The van der Waals surface area contributed by atoms with E-state index in [1.165, 1.54) is 5.56 Å². The molecule has 0 aliphatic carbocycles. The summed E-state index contributed by atoms with van der Waals surface area (Å²) in [4.78, 5) is 5.63. The lowest BCUT2D eigenvalue weighted by Crippen LogP contribution is -2.15. The maximum Gasteiger partial charge on any atom is 0.193 e. The predicted octanol–water partition coefficient (Wildman–Crippen LogP) is 2.90. The van der Waals surface area contributed by atoms with Gasteiger partial charge in [-0.2, -0.15) is 0 Å². The van der Waals surface area contributed by atoms with E-state index in [9.17, 15) is 0 Å². The van der Waals surface area contributed by atoms with E-state index in [2.05, 4.69) is 52.5 Å². The Labute approximate surface area is 116 Å². The third-order valence-corrected chi connectivity index (χ3v) is 4.13. The lowest BCUT2D eigenvalue weighted by Gasteiger charge is -2.13. The molecule has 0 fully saturated rings. The van der Waals surface area contributed by atoms with Crippen LogP contribution in [0.5, 0.6) is 0 Å². The Morgan fingerprint density at radius 3 is 2.89 bits per heavy atom. The molecule has 4 nitrogen and oxygen atoms in total. The minimum Gasteiger partial charge on any atom is -0.348 e. The zero-order valence-electron chi connectivity index (χ0n) is 11.2. The second-order valence-corrected chi connectivity index (χ2v) is 6.09. The molecule has 5 heteroatoms. The molecular weight excluding hydrogens is 256 g/mol. The number of thiazole rings is 1. The smallest absolute Gasteiger partial charge is 0.193 e. The van der Waals surface area contributed by atoms with Gasteiger partial charge in [0, 0.05) is 36.2 Å². The molecule has 0 saturated carbocycles. The molecule has 3 heterocycles. The quantitative estimate of drug-likeness (QED) is 0.795. The molecule has 3 rings (SSSR count). The molecule has 0 aliphatic heterocycles. The highest BCUT2D eigenvalue weighted by Gasteiger charge is 2.12. The summed E-state index contributed by atoms with van der Waals surface area (Å²) in [5, 5.41) is 2.04. The number of nitrogens with two attached hydrogens (primary N) is 1. The van der Waals surface area contributed by atoms with Gasteiger partial charge in [-0.25, -0.2) is 4.98 Å². The van der Waals surface area contributed by atoms with Crippen molar-refractivity contribution in [1.82, 2.24) is 14.0 Å². The molecule has 0 spiro atoms.